The second kappa shape index (κ2) is 10.5. The van der Waals surface area contributed by atoms with Crippen molar-refractivity contribution in [1.29, 1.82) is 0 Å². The summed E-state index contributed by atoms with van der Waals surface area (Å²) in [6.07, 6.45) is 0.0689. The van der Waals surface area contributed by atoms with Gasteiger partial charge >= 0.3 is 5.97 Å². The number of benzene rings is 2. The number of amides is 1. The molecular weight excluding hydrogens is 538 g/mol. The number of pyridine rings is 1. The second-order valence-corrected chi connectivity index (χ2v) is 9.74. The van der Waals surface area contributed by atoms with Crippen LogP contribution in [0.1, 0.15) is 23.0 Å². The fraction of sp³-hybridized carbons (Fsp3) is 0.160. The number of nitrogen functional groups attached to an aromatic ring is 1. The maximum Gasteiger partial charge on any atom is 0.307 e. The molecular formula is C25H21BrClN3O3S. The van der Waals surface area contributed by atoms with Crippen molar-refractivity contribution < 1.29 is 14.3 Å². The van der Waals surface area contributed by atoms with Crippen molar-refractivity contribution in [3.63, 3.8) is 0 Å². The molecule has 2 heterocycles. The standard InChI is InChI=1S/C25H21BrClN3O3S/c1-2-33-21(31)13-14-30(18-9-5-16(26)6-10-18)25(32)23-22(28)19-11-12-20(29-24(19)34-23)15-3-7-17(27)8-4-15/h3-12H,2,13-14,28H2,1H3. The molecule has 9 heteroatoms. The first-order valence-electron chi connectivity index (χ1n) is 10.6. The predicted molar refractivity (Wildman–Crippen MR) is 142 cm³/mol. The summed E-state index contributed by atoms with van der Waals surface area (Å²) in [5.41, 5.74) is 9.10. The maximum absolute atomic E-state index is 13.6. The van der Waals surface area contributed by atoms with Crippen LogP contribution in [-0.4, -0.2) is 30.0 Å². The molecule has 0 aliphatic carbocycles. The van der Waals surface area contributed by atoms with Crippen LogP contribution >= 0.6 is 38.9 Å². The molecule has 0 spiro atoms. The lowest BCUT2D eigenvalue weighted by Crippen LogP contribution is -2.33. The molecule has 2 N–H and O–H groups in total. The van der Waals surface area contributed by atoms with Gasteiger partial charge in [0.1, 0.15) is 9.71 Å². The van der Waals surface area contributed by atoms with Crippen LogP contribution in [0, 0.1) is 0 Å². The van der Waals surface area contributed by atoms with Gasteiger partial charge in [-0.1, -0.05) is 39.7 Å². The Morgan fingerprint density at radius 2 is 1.79 bits per heavy atom. The molecule has 174 valence electrons. The van der Waals surface area contributed by atoms with E-state index in [4.69, 9.17) is 27.1 Å². The third kappa shape index (κ3) is 5.24. The summed E-state index contributed by atoms with van der Waals surface area (Å²) in [5.74, 6) is -0.656. The minimum atomic E-state index is -0.365. The zero-order chi connectivity index (χ0) is 24.2. The van der Waals surface area contributed by atoms with E-state index in [0.717, 1.165) is 15.7 Å². The van der Waals surface area contributed by atoms with Gasteiger partial charge in [-0.3, -0.25) is 9.59 Å². The van der Waals surface area contributed by atoms with E-state index in [1.807, 2.05) is 48.5 Å². The summed E-state index contributed by atoms with van der Waals surface area (Å²) in [6, 6.07) is 18.5. The number of rotatable bonds is 7. The summed E-state index contributed by atoms with van der Waals surface area (Å²) in [7, 11) is 0. The molecule has 2 aromatic carbocycles. The predicted octanol–water partition coefficient (Wildman–Crippen LogP) is 6.56. The highest BCUT2D eigenvalue weighted by Gasteiger charge is 2.25. The molecule has 4 aromatic rings. The van der Waals surface area contributed by atoms with Crippen LogP contribution in [0.2, 0.25) is 5.02 Å². The molecule has 0 bridgehead atoms. The average Bonchev–Trinajstić information content (AvgIpc) is 3.16. The van der Waals surface area contributed by atoms with Gasteiger partial charge in [0.15, 0.2) is 0 Å². The fourth-order valence-electron chi connectivity index (χ4n) is 3.47. The number of nitrogens with two attached hydrogens (primary N) is 1. The van der Waals surface area contributed by atoms with Crippen LogP contribution in [-0.2, 0) is 9.53 Å². The number of hydrogen-bond donors (Lipinski definition) is 1. The van der Waals surface area contributed by atoms with E-state index in [1.54, 1.807) is 24.0 Å². The molecule has 0 fully saturated rings. The van der Waals surface area contributed by atoms with Gasteiger partial charge in [-0.05, 0) is 55.5 Å². The third-order valence-electron chi connectivity index (χ3n) is 5.16. The second-order valence-electron chi connectivity index (χ2n) is 7.39. The first-order chi connectivity index (χ1) is 16.4. The number of carbonyl (C=O) groups excluding carboxylic acids is 2. The Bertz CT molecular complexity index is 1340. The number of fused-ring (bicyclic) bond motifs is 1. The molecule has 0 radical (unpaired) electrons. The van der Waals surface area contributed by atoms with Crippen molar-refractivity contribution in [2.24, 2.45) is 0 Å². The van der Waals surface area contributed by atoms with Crippen molar-refractivity contribution in [2.75, 3.05) is 23.8 Å². The lowest BCUT2D eigenvalue weighted by molar-refractivity contribution is -0.142. The van der Waals surface area contributed by atoms with Gasteiger partial charge < -0.3 is 15.4 Å². The molecule has 0 unspecified atom stereocenters. The van der Waals surface area contributed by atoms with Gasteiger partial charge in [0.05, 0.1) is 24.4 Å². The Labute approximate surface area is 214 Å². The lowest BCUT2D eigenvalue weighted by atomic mass is 10.1. The summed E-state index contributed by atoms with van der Waals surface area (Å²) in [6.45, 7) is 2.20. The summed E-state index contributed by atoms with van der Waals surface area (Å²) < 4.78 is 5.93. The summed E-state index contributed by atoms with van der Waals surface area (Å²) >= 11 is 10.6. The van der Waals surface area contributed by atoms with E-state index in [1.165, 1.54) is 11.3 Å². The van der Waals surface area contributed by atoms with Gasteiger partial charge in [-0.2, -0.15) is 0 Å². The molecule has 0 aliphatic rings. The average molecular weight is 559 g/mol. The fourth-order valence-corrected chi connectivity index (χ4v) is 4.90. The Balaban J connectivity index is 1.69. The quantitative estimate of drug-likeness (QED) is 0.260. The normalized spacial score (nSPS) is 10.9. The van der Waals surface area contributed by atoms with E-state index in [-0.39, 0.29) is 31.4 Å². The Morgan fingerprint density at radius 1 is 1.09 bits per heavy atom. The van der Waals surface area contributed by atoms with E-state index in [9.17, 15) is 9.59 Å². The van der Waals surface area contributed by atoms with Crippen LogP contribution in [0.3, 0.4) is 0 Å². The van der Waals surface area contributed by atoms with Crippen molar-refractivity contribution in [3.8, 4) is 11.3 Å². The van der Waals surface area contributed by atoms with E-state index in [0.29, 0.717) is 31.5 Å². The highest BCUT2D eigenvalue weighted by Crippen LogP contribution is 2.36. The van der Waals surface area contributed by atoms with Crippen LogP contribution < -0.4 is 10.6 Å². The Kier molecular flexibility index (Phi) is 7.50. The molecule has 1 amide bonds. The summed E-state index contributed by atoms with van der Waals surface area (Å²) in [5, 5.41) is 1.36. The van der Waals surface area contributed by atoms with Crippen LogP contribution in [0.15, 0.2) is 65.1 Å². The first kappa shape index (κ1) is 24.2. The van der Waals surface area contributed by atoms with Gasteiger partial charge in [0.2, 0.25) is 0 Å². The monoisotopic (exact) mass is 557 g/mol. The van der Waals surface area contributed by atoms with Gasteiger partial charge in [0.25, 0.3) is 5.91 Å². The van der Waals surface area contributed by atoms with E-state index < -0.39 is 0 Å². The molecule has 0 saturated carbocycles. The highest BCUT2D eigenvalue weighted by molar-refractivity contribution is 9.10. The number of carbonyl (C=O) groups is 2. The molecule has 6 nitrogen and oxygen atoms in total. The molecule has 34 heavy (non-hydrogen) atoms. The summed E-state index contributed by atoms with van der Waals surface area (Å²) in [4.78, 5) is 32.9. The first-order valence-corrected chi connectivity index (χ1v) is 12.5. The number of halogens is 2. The van der Waals surface area contributed by atoms with Crippen LogP contribution in [0.5, 0.6) is 0 Å². The maximum atomic E-state index is 13.6. The SMILES string of the molecule is CCOC(=O)CCN(C(=O)c1sc2nc(-c3ccc(Cl)cc3)ccc2c1N)c1ccc(Br)cc1. The van der Waals surface area contributed by atoms with Gasteiger partial charge in [0, 0.05) is 32.7 Å². The number of ether oxygens (including phenoxy) is 1. The van der Waals surface area contributed by atoms with Crippen molar-refractivity contribution in [3.05, 3.63) is 75.0 Å². The number of esters is 1. The minimum Gasteiger partial charge on any atom is -0.466 e. The minimum absolute atomic E-state index is 0.0689. The Hall–Kier alpha value is -2.94. The Morgan fingerprint density at radius 3 is 2.47 bits per heavy atom. The van der Waals surface area contributed by atoms with Crippen molar-refractivity contribution in [2.45, 2.75) is 13.3 Å². The van der Waals surface area contributed by atoms with Crippen molar-refractivity contribution in [1.82, 2.24) is 4.98 Å². The third-order valence-corrected chi connectivity index (χ3v) is 7.04. The highest BCUT2D eigenvalue weighted by atomic mass is 79.9. The van der Waals surface area contributed by atoms with Gasteiger partial charge in [-0.25, -0.2) is 4.98 Å². The smallest absolute Gasteiger partial charge is 0.307 e. The molecule has 2 aromatic heterocycles. The zero-order valence-corrected chi connectivity index (χ0v) is 21.4. The molecule has 0 aliphatic heterocycles. The van der Waals surface area contributed by atoms with Crippen LogP contribution in [0.4, 0.5) is 11.4 Å². The van der Waals surface area contributed by atoms with E-state index >= 15 is 0 Å². The number of aromatic nitrogens is 1. The number of thiophene rings is 1. The molecule has 0 saturated heterocycles. The van der Waals surface area contributed by atoms with Gasteiger partial charge in [-0.15, -0.1) is 11.3 Å². The van der Waals surface area contributed by atoms with Crippen molar-refractivity contribution >= 4 is 72.3 Å². The molecule has 0 atom stereocenters. The number of nitrogens with zero attached hydrogens (tertiary/aromatic N) is 2. The van der Waals surface area contributed by atoms with E-state index in [2.05, 4.69) is 15.9 Å². The number of anilines is 2. The molecule has 4 rings (SSSR count). The topological polar surface area (TPSA) is 85.5 Å². The largest absolute Gasteiger partial charge is 0.466 e. The number of hydrogen-bond acceptors (Lipinski definition) is 6. The zero-order valence-electron chi connectivity index (χ0n) is 18.3. The van der Waals surface area contributed by atoms with Crippen LogP contribution in [0.25, 0.3) is 21.5 Å². The lowest BCUT2D eigenvalue weighted by Gasteiger charge is -2.22.